The molecule has 0 radical (unpaired) electrons. The van der Waals surface area contributed by atoms with Gasteiger partial charge >= 0.3 is 5.97 Å². The SMILES string of the molecule is CC(C)OC(=O)c1ccc(N2C(=O)C(=O)/C(=C(\O)c3cccc([N+](=O)[O-])c3)C2c2ccc(O)cc2)cc1. The van der Waals surface area contributed by atoms with Gasteiger partial charge in [-0.3, -0.25) is 24.6 Å². The van der Waals surface area contributed by atoms with Crippen molar-refractivity contribution in [1.29, 1.82) is 0 Å². The lowest BCUT2D eigenvalue weighted by atomic mass is 9.95. The molecule has 0 saturated carbocycles. The molecule has 4 rings (SSSR count). The number of carbonyl (C=O) groups excluding carboxylic acids is 3. The van der Waals surface area contributed by atoms with Gasteiger partial charge in [0.1, 0.15) is 11.5 Å². The summed E-state index contributed by atoms with van der Waals surface area (Å²) in [6.45, 7) is 3.43. The molecule has 1 saturated heterocycles. The van der Waals surface area contributed by atoms with E-state index in [9.17, 15) is 34.7 Å². The number of ketones is 1. The number of nitrogens with zero attached hydrogens (tertiary/aromatic N) is 2. The Bertz CT molecular complexity index is 1430. The molecule has 1 unspecified atom stereocenters. The third-order valence-corrected chi connectivity index (χ3v) is 5.71. The molecule has 1 fully saturated rings. The number of aliphatic hydroxyl groups is 1. The average molecular weight is 502 g/mol. The Kier molecular flexibility index (Phi) is 6.75. The van der Waals surface area contributed by atoms with E-state index >= 15 is 0 Å². The molecule has 1 atom stereocenters. The number of benzene rings is 3. The number of hydrogen-bond donors (Lipinski definition) is 2. The summed E-state index contributed by atoms with van der Waals surface area (Å²) in [5.41, 5.74) is 0.309. The van der Waals surface area contributed by atoms with Crippen molar-refractivity contribution in [3.8, 4) is 5.75 Å². The van der Waals surface area contributed by atoms with Crippen LogP contribution in [0.5, 0.6) is 5.75 Å². The van der Waals surface area contributed by atoms with E-state index in [1.54, 1.807) is 13.8 Å². The summed E-state index contributed by atoms with van der Waals surface area (Å²) in [6, 6.07) is 15.5. The molecule has 10 heteroatoms. The second kappa shape index (κ2) is 9.94. The van der Waals surface area contributed by atoms with Crippen molar-refractivity contribution in [2.24, 2.45) is 0 Å². The van der Waals surface area contributed by atoms with Crippen LogP contribution in [0.15, 0.2) is 78.4 Å². The summed E-state index contributed by atoms with van der Waals surface area (Å²) < 4.78 is 5.18. The predicted molar refractivity (Wildman–Crippen MR) is 133 cm³/mol. The van der Waals surface area contributed by atoms with Crippen molar-refractivity contribution in [2.75, 3.05) is 4.90 Å². The van der Waals surface area contributed by atoms with Crippen LogP contribution >= 0.6 is 0 Å². The maximum atomic E-state index is 13.2. The lowest BCUT2D eigenvalue weighted by Gasteiger charge is -2.25. The Balaban J connectivity index is 1.85. The van der Waals surface area contributed by atoms with Gasteiger partial charge < -0.3 is 14.9 Å². The fourth-order valence-corrected chi connectivity index (χ4v) is 4.03. The lowest BCUT2D eigenvalue weighted by molar-refractivity contribution is -0.384. The fourth-order valence-electron chi connectivity index (χ4n) is 4.03. The van der Waals surface area contributed by atoms with Crippen molar-refractivity contribution in [3.63, 3.8) is 0 Å². The first kappa shape index (κ1) is 25.1. The molecular formula is C27H22N2O8. The van der Waals surface area contributed by atoms with Crippen LogP contribution in [-0.2, 0) is 14.3 Å². The number of aliphatic hydroxyl groups excluding tert-OH is 1. The quantitative estimate of drug-likeness (QED) is 0.125. The molecule has 1 aliphatic heterocycles. The Morgan fingerprint density at radius 3 is 2.24 bits per heavy atom. The van der Waals surface area contributed by atoms with Gasteiger partial charge in [-0.15, -0.1) is 0 Å². The highest BCUT2D eigenvalue weighted by molar-refractivity contribution is 6.51. The number of anilines is 1. The summed E-state index contributed by atoms with van der Waals surface area (Å²) in [5, 5.41) is 32.1. The number of rotatable bonds is 6. The summed E-state index contributed by atoms with van der Waals surface area (Å²) in [5.74, 6) is -3.12. The number of phenolic OH excluding ortho intramolecular Hbond substituents is 1. The van der Waals surface area contributed by atoms with Crippen LogP contribution in [0.3, 0.4) is 0 Å². The number of esters is 1. The summed E-state index contributed by atoms with van der Waals surface area (Å²) >= 11 is 0. The van der Waals surface area contributed by atoms with Crippen LogP contribution in [-0.4, -0.2) is 38.9 Å². The lowest BCUT2D eigenvalue weighted by Crippen LogP contribution is -2.29. The number of aromatic hydroxyl groups is 1. The first-order valence-electron chi connectivity index (χ1n) is 11.2. The minimum Gasteiger partial charge on any atom is -0.508 e. The van der Waals surface area contributed by atoms with Gasteiger partial charge in [-0.1, -0.05) is 24.3 Å². The zero-order valence-corrected chi connectivity index (χ0v) is 19.8. The zero-order chi connectivity index (χ0) is 26.9. The molecule has 10 nitrogen and oxygen atoms in total. The van der Waals surface area contributed by atoms with E-state index in [1.807, 2.05) is 0 Å². The van der Waals surface area contributed by atoms with E-state index < -0.39 is 34.4 Å². The summed E-state index contributed by atoms with van der Waals surface area (Å²) in [6.07, 6.45) is -0.326. The first-order valence-corrected chi connectivity index (χ1v) is 11.2. The van der Waals surface area contributed by atoms with Crippen LogP contribution in [0.25, 0.3) is 5.76 Å². The normalized spacial score (nSPS) is 16.7. The van der Waals surface area contributed by atoms with Crippen LogP contribution in [0.2, 0.25) is 0 Å². The van der Waals surface area contributed by atoms with Crippen molar-refractivity contribution < 1.29 is 34.3 Å². The number of hydrogen-bond acceptors (Lipinski definition) is 8. The average Bonchev–Trinajstić information content (AvgIpc) is 3.14. The molecule has 3 aromatic rings. The first-order chi connectivity index (χ1) is 17.6. The molecule has 3 aromatic carbocycles. The largest absolute Gasteiger partial charge is 0.508 e. The maximum Gasteiger partial charge on any atom is 0.338 e. The van der Waals surface area contributed by atoms with E-state index in [2.05, 4.69) is 0 Å². The molecule has 0 aliphatic carbocycles. The highest BCUT2D eigenvalue weighted by atomic mass is 16.6. The Morgan fingerprint density at radius 1 is 1.00 bits per heavy atom. The van der Waals surface area contributed by atoms with E-state index in [0.29, 0.717) is 5.56 Å². The van der Waals surface area contributed by atoms with E-state index in [-0.39, 0.29) is 39.9 Å². The van der Waals surface area contributed by atoms with Gasteiger partial charge in [-0.25, -0.2) is 4.79 Å². The van der Waals surface area contributed by atoms with Crippen molar-refractivity contribution >= 4 is 34.8 Å². The van der Waals surface area contributed by atoms with Gasteiger partial charge in [0, 0.05) is 23.4 Å². The number of phenols is 1. The van der Waals surface area contributed by atoms with Gasteiger partial charge in [-0.05, 0) is 55.8 Å². The van der Waals surface area contributed by atoms with E-state index in [4.69, 9.17) is 4.74 Å². The highest BCUT2D eigenvalue weighted by Gasteiger charge is 2.47. The molecule has 188 valence electrons. The monoisotopic (exact) mass is 502 g/mol. The molecular weight excluding hydrogens is 480 g/mol. The molecule has 1 aliphatic rings. The Labute approximate surface area is 211 Å². The van der Waals surface area contributed by atoms with E-state index in [0.717, 1.165) is 11.0 Å². The van der Waals surface area contributed by atoms with Crippen LogP contribution in [0.1, 0.15) is 41.4 Å². The van der Waals surface area contributed by atoms with Crippen molar-refractivity contribution in [3.05, 3.63) is 105 Å². The second-order valence-electron chi connectivity index (χ2n) is 8.57. The zero-order valence-electron chi connectivity index (χ0n) is 19.8. The minimum absolute atomic E-state index is 0.0113. The second-order valence-corrected chi connectivity index (χ2v) is 8.57. The van der Waals surface area contributed by atoms with Gasteiger partial charge in [0.2, 0.25) is 0 Å². The van der Waals surface area contributed by atoms with Crippen molar-refractivity contribution in [1.82, 2.24) is 0 Å². The molecule has 0 aromatic heterocycles. The molecule has 37 heavy (non-hydrogen) atoms. The molecule has 1 heterocycles. The standard InChI is InChI=1S/C27H22N2O8/c1-15(2)37-27(34)17-6-10-19(11-7-17)28-23(16-8-12-21(30)13-9-16)22(25(32)26(28)33)24(31)18-4-3-5-20(14-18)29(35)36/h3-15,23,30-31H,1-2H3/b24-22-. The number of nitro benzene ring substituents is 1. The fraction of sp³-hybridized carbons (Fsp3) is 0.148. The van der Waals surface area contributed by atoms with Gasteiger partial charge in [0.05, 0.1) is 28.2 Å². The van der Waals surface area contributed by atoms with Crippen molar-refractivity contribution in [2.45, 2.75) is 26.0 Å². The maximum absolute atomic E-state index is 13.2. The topological polar surface area (TPSA) is 147 Å². The Morgan fingerprint density at radius 2 is 1.65 bits per heavy atom. The molecule has 0 spiro atoms. The minimum atomic E-state index is -1.12. The Hall–Kier alpha value is -4.99. The van der Waals surface area contributed by atoms with Crippen LogP contribution in [0, 0.1) is 10.1 Å². The third-order valence-electron chi connectivity index (χ3n) is 5.71. The van der Waals surface area contributed by atoms with Crippen LogP contribution in [0.4, 0.5) is 11.4 Å². The highest BCUT2D eigenvalue weighted by Crippen LogP contribution is 2.42. The number of amides is 1. The summed E-state index contributed by atoms with van der Waals surface area (Å²) in [4.78, 5) is 50.4. The number of non-ortho nitro benzene ring substituents is 1. The number of nitro groups is 1. The molecule has 2 N–H and O–H groups in total. The smallest absolute Gasteiger partial charge is 0.338 e. The summed E-state index contributed by atoms with van der Waals surface area (Å²) in [7, 11) is 0. The van der Waals surface area contributed by atoms with Gasteiger partial charge in [0.25, 0.3) is 17.4 Å². The van der Waals surface area contributed by atoms with E-state index in [1.165, 1.54) is 66.7 Å². The number of ether oxygens (including phenoxy) is 1. The molecule has 0 bridgehead atoms. The number of carbonyl (C=O) groups is 3. The number of Topliss-reactive ketones (excluding diaryl/α,β-unsaturated/α-hetero) is 1. The van der Waals surface area contributed by atoms with Crippen LogP contribution < -0.4 is 4.90 Å². The third kappa shape index (κ3) is 4.90. The molecule has 1 amide bonds. The predicted octanol–water partition coefficient (Wildman–Crippen LogP) is 4.49. The van der Waals surface area contributed by atoms with Gasteiger partial charge in [-0.2, -0.15) is 0 Å². The van der Waals surface area contributed by atoms with Gasteiger partial charge in [0.15, 0.2) is 0 Å².